The Labute approximate surface area is 117 Å². The van der Waals surface area contributed by atoms with Crippen molar-refractivity contribution in [3.05, 3.63) is 29.8 Å². The van der Waals surface area contributed by atoms with E-state index < -0.39 is 34.5 Å². The van der Waals surface area contributed by atoms with Crippen molar-refractivity contribution in [2.45, 2.75) is 36.2 Å². The molecule has 2 heterocycles. The van der Waals surface area contributed by atoms with Crippen molar-refractivity contribution in [3.63, 3.8) is 0 Å². The van der Waals surface area contributed by atoms with Gasteiger partial charge in [0.2, 0.25) is 0 Å². The standard InChI is InChI=1S/C13H16O6S/c1-8-2-4-9(5-3-8)20(15,16)19-11-7-18-12-10(14)6-17-13(11)12/h2-5,10-14H,6-7H2,1H3/t10-,11-,12+,13+/m0/s1. The number of hydrogen-bond donors (Lipinski definition) is 1. The number of hydrogen-bond acceptors (Lipinski definition) is 6. The largest absolute Gasteiger partial charge is 0.388 e. The Morgan fingerprint density at radius 2 is 1.80 bits per heavy atom. The molecule has 20 heavy (non-hydrogen) atoms. The van der Waals surface area contributed by atoms with E-state index in [-0.39, 0.29) is 18.1 Å². The van der Waals surface area contributed by atoms with Crippen LogP contribution in [0.1, 0.15) is 5.56 Å². The summed E-state index contributed by atoms with van der Waals surface area (Å²) in [6.45, 7) is 2.11. The van der Waals surface area contributed by atoms with Crippen LogP contribution >= 0.6 is 0 Å². The molecule has 0 spiro atoms. The predicted octanol–water partition coefficient (Wildman–Crippen LogP) is 0.227. The van der Waals surface area contributed by atoms with Crippen LogP contribution in [0, 0.1) is 6.92 Å². The Hall–Kier alpha value is -0.990. The fourth-order valence-electron chi connectivity index (χ4n) is 2.45. The lowest BCUT2D eigenvalue weighted by Crippen LogP contribution is -2.34. The van der Waals surface area contributed by atoms with Crippen LogP contribution < -0.4 is 0 Å². The summed E-state index contributed by atoms with van der Waals surface area (Å²) in [5.41, 5.74) is 0.968. The van der Waals surface area contributed by atoms with Crippen molar-refractivity contribution >= 4 is 10.1 Å². The van der Waals surface area contributed by atoms with Gasteiger partial charge in [0.05, 0.1) is 18.1 Å². The minimum Gasteiger partial charge on any atom is -0.388 e. The van der Waals surface area contributed by atoms with Crippen molar-refractivity contribution in [1.82, 2.24) is 0 Å². The topological polar surface area (TPSA) is 82.1 Å². The number of aliphatic hydroxyl groups is 1. The molecule has 0 unspecified atom stereocenters. The zero-order chi connectivity index (χ0) is 14.3. The summed E-state index contributed by atoms with van der Waals surface area (Å²) in [4.78, 5) is 0.102. The molecule has 4 atom stereocenters. The molecule has 7 heteroatoms. The van der Waals surface area contributed by atoms with Crippen molar-refractivity contribution in [2.75, 3.05) is 13.2 Å². The number of fused-ring (bicyclic) bond motifs is 1. The molecule has 2 aliphatic rings. The van der Waals surface area contributed by atoms with Crippen LogP contribution in [0.3, 0.4) is 0 Å². The van der Waals surface area contributed by atoms with Crippen LogP contribution in [-0.4, -0.2) is 51.2 Å². The van der Waals surface area contributed by atoms with Gasteiger partial charge in [-0.05, 0) is 19.1 Å². The lowest BCUT2D eigenvalue weighted by molar-refractivity contribution is 0.00979. The lowest BCUT2D eigenvalue weighted by atomic mass is 10.1. The number of aliphatic hydroxyl groups excluding tert-OH is 1. The maximum atomic E-state index is 12.2. The van der Waals surface area contributed by atoms with Gasteiger partial charge >= 0.3 is 0 Å². The normalized spacial score (nSPS) is 33.3. The zero-order valence-electron chi connectivity index (χ0n) is 10.9. The molecule has 0 radical (unpaired) electrons. The molecule has 2 aliphatic heterocycles. The van der Waals surface area contributed by atoms with Crippen LogP contribution in [0.5, 0.6) is 0 Å². The first-order chi connectivity index (χ1) is 9.47. The Balaban J connectivity index is 1.76. The first-order valence-corrected chi connectivity index (χ1v) is 7.79. The molecule has 1 aromatic carbocycles. The summed E-state index contributed by atoms with van der Waals surface area (Å²) in [5.74, 6) is 0. The van der Waals surface area contributed by atoms with E-state index >= 15 is 0 Å². The van der Waals surface area contributed by atoms with E-state index in [1.54, 1.807) is 12.1 Å². The molecule has 110 valence electrons. The van der Waals surface area contributed by atoms with E-state index in [9.17, 15) is 13.5 Å². The van der Waals surface area contributed by atoms with E-state index in [4.69, 9.17) is 13.7 Å². The Morgan fingerprint density at radius 3 is 2.50 bits per heavy atom. The fraction of sp³-hybridized carbons (Fsp3) is 0.538. The van der Waals surface area contributed by atoms with E-state index in [1.807, 2.05) is 6.92 Å². The molecule has 0 aliphatic carbocycles. The third-order valence-electron chi connectivity index (χ3n) is 3.54. The van der Waals surface area contributed by atoms with Crippen molar-refractivity contribution in [3.8, 4) is 0 Å². The van der Waals surface area contributed by atoms with Crippen molar-refractivity contribution in [2.24, 2.45) is 0 Å². The third kappa shape index (κ3) is 2.47. The second-order valence-corrected chi connectivity index (χ2v) is 6.64. The Kier molecular flexibility index (Phi) is 3.55. The average molecular weight is 300 g/mol. The highest BCUT2D eigenvalue weighted by atomic mass is 32.2. The monoisotopic (exact) mass is 300 g/mol. The van der Waals surface area contributed by atoms with Gasteiger partial charge < -0.3 is 14.6 Å². The van der Waals surface area contributed by atoms with E-state index in [0.29, 0.717) is 0 Å². The van der Waals surface area contributed by atoms with Gasteiger partial charge in [-0.3, -0.25) is 4.18 Å². The van der Waals surface area contributed by atoms with Gasteiger partial charge in [0.15, 0.2) is 0 Å². The van der Waals surface area contributed by atoms with Gasteiger partial charge in [0, 0.05) is 0 Å². The number of rotatable bonds is 3. The highest BCUT2D eigenvalue weighted by Gasteiger charge is 2.49. The third-order valence-corrected chi connectivity index (χ3v) is 4.89. The quantitative estimate of drug-likeness (QED) is 0.805. The van der Waals surface area contributed by atoms with E-state index in [2.05, 4.69) is 0 Å². The van der Waals surface area contributed by atoms with Gasteiger partial charge in [-0.25, -0.2) is 0 Å². The van der Waals surface area contributed by atoms with Crippen molar-refractivity contribution < 1.29 is 27.2 Å². The average Bonchev–Trinajstić information content (AvgIpc) is 2.95. The second-order valence-electron chi connectivity index (χ2n) is 5.07. The zero-order valence-corrected chi connectivity index (χ0v) is 11.7. The number of benzene rings is 1. The minimum absolute atomic E-state index is 0.0947. The summed E-state index contributed by atoms with van der Waals surface area (Å²) in [7, 11) is -3.86. The molecule has 3 rings (SSSR count). The second kappa shape index (κ2) is 5.09. The Morgan fingerprint density at radius 1 is 1.15 bits per heavy atom. The summed E-state index contributed by atoms with van der Waals surface area (Å²) in [6.07, 6.45) is -2.49. The van der Waals surface area contributed by atoms with Gasteiger partial charge in [0.25, 0.3) is 10.1 Å². The van der Waals surface area contributed by atoms with Crippen LogP contribution in [0.4, 0.5) is 0 Å². The SMILES string of the molecule is Cc1ccc(S(=O)(=O)O[C@H]2CO[C@H]3[C@@H]2OC[C@@H]3O)cc1. The lowest BCUT2D eigenvalue weighted by Gasteiger charge is -2.16. The summed E-state index contributed by atoms with van der Waals surface area (Å²) >= 11 is 0. The van der Waals surface area contributed by atoms with Gasteiger partial charge in [-0.1, -0.05) is 17.7 Å². The summed E-state index contributed by atoms with van der Waals surface area (Å²) in [5, 5.41) is 9.61. The first kappa shape index (κ1) is 14.0. The van der Waals surface area contributed by atoms with Gasteiger partial charge in [-0.15, -0.1) is 0 Å². The van der Waals surface area contributed by atoms with E-state index in [0.717, 1.165) is 5.56 Å². The van der Waals surface area contributed by atoms with Crippen LogP contribution in [0.25, 0.3) is 0 Å². The maximum absolute atomic E-state index is 12.2. The molecule has 0 bridgehead atoms. The molecule has 1 aromatic rings. The first-order valence-electron chi connectivity index (χ1n) is 6.38. The number of ether oxygens (including phenoxy) is 2. The van der Waals surface area contributed by atoms with Gasteiger partial charge in [-0.2, -0.15) is 8.42 Å². The smallest absolute Gasteiger partial charge is 0.297 e. The van der Waals surface area contributed by atoms with Gasteiger partial charge in [0.1, 0.15) is 24.4 Å². The molecular weight excluding hydrogens is 284 g/mol. The fourth-order valence-corrected chi connectivity index (χ4v) is 3.52. The molecule has 0 aromatic heterocycles. The van der Waals surface area contributed by atoms with Crippen LogP contribution in [-0.2, 0) is 23.8 Å². The predicted molar refractivity (Wildman–Crippen MR) is 68.7 cm³/mol. The maximum Gasteiger partial charge on any atom is 0.297 e. The molecule has 0 saturated carbocycles. The molecular formula is C13H16O6S. The van der Waals surface area contributed by atoms with Crippen LogP contribution in [0.15, 0.2) is 29.2 Å². The van der Waals surface area contributed by atoms with E-state index in [1.165, 1.54) is 12.1 Å². The molecule has 2 fully saturated rings. The Bertz CT molecular complexity index is 581. The highest BCUT2D eigenvalue weighted by molar-refractivity contribution is 7.86. The minimum atomic E-state index is -3.86. The molecule has 1 N–H and O–H groups in total. The molecule has 6 nitrogen and oxygen atoms in total. The highest BCUT2D eigenvalue weighted by Crippen LogP contribution is 2.30. The summed E-state index contributed by atoms with van der Waals surface area (Å²) in [6, 6.07) is 6.42. The number of aryl methyl sites for hydroxylation is 1. The summed E-state index contributed by atoms with van der Waals surface area (Å²) < 4.78 is 40.2. The molecule has 2 saturated heterocycles. The molecule has 0 amide bonds. The van der Waals surface area contributed by atoms with Crippen molar-refractivity contribution in [1.29, 1.82) is 0 Å². The van der Waals surface area contributed by atoms with Crippen LogP contribution in [0.2, 0.25) is 0 Å².